The molecule has 0 heterocycles. The van der Waals surface area contributed by atoms with Crippen LogP contribution >= 0.6 is 0 Å². The smallest absolute Gasteiger partial charge is 0.306 e. The van der Waals surface area contributed by atoms with Crippen molar-refractivity contribution in [3.05, 3.63) is 207 Å². The van der Waals surface area contributed by atoms with E-state index < -0.39 is 6.10 Å². The third kappa shape index (κ3) is 67.0. The van der Waals surface area contributed by atoms with Crippen LogP contribution in [0.4, 0.5) is 0 Å². The fourth-order valence-corrected chi connectivity index (χ4v) is 8.27. The van der Waals surface area contributed by atoms with Gasteiger partial charge < -0.3 is 14.6 Å². The molecule has 0 fully saturated rings. The number of hydrogen-bond acceptors (Lipinski definition) is 5. The molecule has 0 bridgehead atoms. The van der Waals surface area contributed by atoms with Crippen molar-refractivity contribution in [2.45, 2.75) is 251 Å². The fourth-order valence-electron chi connectivity index (χ4n) is 8.27. The number of aliphatic hydroxyl groups excluding tert-OH is 1. The van der Waals surface area contributed by atoms with Gasteiger partial charge in [-0.05, 0) is 148 Å². The Bertz CT molecular complexity index is 1950. The van der Waals surface area contributed by atoms with Crippen molar-refractivity contribution >= 4 is 11.9 Å². The zero-order valence-electron chi connectivity index (χ0n) is 52.2. The maximum Gasteiger partial charge on any atom is 0.306 e. The largest absolute Gasteiger partial charge is 0.462 e. The lowest BCUT2D eigenvalue weighted by Crippen LogP contribution is -2.28. The summed E-state index contributed by atoms with van der Waals surface area (Å²) in [6.07, 6.45) is 112. The van der Waals surface area contributed by atoms with E-state index in [2.05, 4.69) is 220 Å². The molecule has 0 aromatic carbocycles. The van der Waals surface area contributed by atoms with Crippen LogP contribution in [0, 0.1) is 0 Å². The lowest BCUT2D eigenvalue weighted by Gasteiger charge is -2.15. The molecule has 0 aromatic heterocycles. The predicted octanol–water partition coefficient (Wildman–Crippen LogP) is 23.0. The Morgan fingerprint density at radius 3 is 0.756 bits per heavy atom. The van der Waals surface area contributed by atoms with Gasteiger partial charge in [-0.3, -0.25) is 9.59 Å². The SMILES string of the molecule is CC/C=C\C/C=C\C/C=C\C/C=C\C/C=C\C/C=C\C/C=C\C/C=C\C/C=C\CCCCCCCCCCCCCCCC(=O)OC(CO)COC(=O)CCCC/C=C\C/C=C\C/C=C\C/C=C\C/C=C\C/C=C\C/C=C\C/C=C\CC. The van der Waals surface area contributed by atoms with Gasteiger partial charge in [-0.2, -0.15) is 0 Å². The topological polar surface area (TPSA) is 72.8 Å². The molecule has 0 spiro atoms. The minimum Gasteiger partial charge on any atom is -0.462 e. The second kappa shape index (κ2) is 69.7. The fraction of sp³-hybridized carbons (Fsp3) is 0.532. The highest BCUT2D eigenvalue weighted by Crippen LogP contribution is 2.15. The maximum absolute atomic E-state index is 12.3. The summed E-state index contributed by atoms with van der Waals surface area (Å²) in [5.41, 5.74) is 0. The van der Waals surface area contributed by atoms with Gasteiger partial charge in [-0.25, -0.2) is 0 Å². The molecule has 82 heavy (non-hydrogen) atoms. The van der Waals surface area contributed by atoms with Crippen molar-refractivity contribution in [3.8, 4) is 0 Å². The zero-order valence-corrected chi connectivity index (χ0v) is 52.2. The summed E-state index contributed by atoms with van der Waals surface area (Å²) in [6, 6.07) is 0. The van der Waals surface area contributed by atoms with E-state index in [1.54, 1.807) is 0 Å². The van der Waals surface area contributed by atoms with E-state index in [1.165, 1.54) is 70.6 Å². The van der Waals surface area contributed by atoms with Gasteiger partial charge in [0.25, 0.3) is 0 Å². The molecule has 0 saturated carbocycles. The van der Waals surface area contributed by atoms with Crippen LogP contribution in [0.25, 0.3) is 0 Å². The molecule has 5 nitrogen and oxygen atoms in total. The number of allylic oxidation sites excluding steroid dienone is 34. The van der Waals surface area contributed by atoms with Crippen LogP contribution in [0.3, 0.4) is 0 Å². The van der Waals surface area contributed by atoms with Gasteiger partial charge in [0.15, 0.2) is 6.10 Å². The lowest BCUT2D eigenvalue weighted by molar-refractivity contribution is -0.161. The monoisotopic (exact) mass is 1120 g/mol. The second-order valence-corrected chi connectivity index (χ2v) is 20.7. The maximum atomic E-state index is 12.3. The van der Waals surface area contributed by atoms with E-state index in [-0.39, 0.29) is 25.2 Å². The Kier molecular flexibility index (Phi) is 65.1. The number of carbonyl (C=O) groups is 2. The number of carbonyl (C=O) groups excluding carboxylic acids is 2. The highest BCUT2D eigenvalue weighted by Gasteiger charge is 2.16. The first-order valence-electron chi connectivity index (χ1n) is 32.6. The molecule has 0 radical (unpaired) electrons. The average molecular weight is 1120 g/mol. The summed E-state index contributed by atoms with van der Waals surface area (Å²) in [4.78, 5) is 24.6. The van der Waals surface area contributed by atoms with Crippen molar-refractivity contribution < 1.29 is 24.2 Å². The first-order chi connectivity index (χ1) is 40.6. The molecule has 5 heteroatoms. The standard InChI is InChI=1S/C77H118O5/c1-3-5-7-9-11-13-15-17-19-21-23-25-27-29-31-32-33-34-35-36-37-38-39-40-41-42-43-44-46-48-50-52-54-56-58-60-62-64-66-68-70-72-77(80)82-75(73-78)74-81-76(79)71-69-67-65-63-61-59-57-55-53-51-49-47-45-30-28-26-24-22-20-18-16-14-12-10-8-6-4-2/h5-8,11-14,17-20,23-26,29-31,33-34,36-37,39-40,42-43,45,49,51,55,57,61,63,75,78H,3-4,9-10,15-16,21-22,27-28,32,35,38,41,44,46-48,50,52-54,56,58-60,62,64-74H2,1-2H3/b7-5-,8-6-,13-11-,14-12-,19-17-,20-18-,25-23-,26-24-,31-29-,34-33-,37-36-,40-39-,43-42-,45-30-,51-49-,57-55-,63-61-. The number of unbranched alkanes of at least 4 members (excludes halogenated alkanes) is 15. The Labute approximate surface area is 504 Å². The van der Waals surface area contributed by atoms with Crippen LogP contribution in [0.15, 0.2) is 207 Å². The Balaban J connectivity index is 3.63. The van der Waals surface area contributed by atoms with E-state index in [9.17, 15) is 14.7 Å². The third-order valence-corrected chi connectivity index (χ3v) is 13.1. The molecule has 1 unspecified atom stereocenters. The molecule has 1 atom stereocenters. The van der Waals surface area contributed by atoms with Crippen LogP contribution < -0.4 is 0 Å². The van der Waals surface area contributed by atoms with E-state index in [0.717, 1.165) is 148 Å². The third-order valence-electron chi connectivity index (χ3n) is 13.1. The minimum absolute atomic E-state index is 0.102. The molecule has 0 aliphatic carbocycles. The Morgan fingerprint density at radius 1 is 0.280 bits per heavy atom. The van der Waals surface area contributed by atoms with Crippen LogP contribution in [-0.4, -0.2) is 36.4 Å². The molecule has 456 valence electrons. The van der Waals surface area contributed by atoms with Gasteiger partial charge in [-0.1, -0.05) is 291 Å². The summed E-state index contributed by atoms with van der Waals surface area (Å²) in [6.45, 7) is 3.86. The summed E-state index contributed by atoms with van der Waals surface area (Å²) in [5.74, 6) is -0.656. The number of ether oxygens (including phenoxy) is 2. The number of esters is 2. The normalized spacial score (nSPS) is 13.6. The lowest BCUT2D eigenvalue weighted by atomic mass is 10.0. The quantitative estimate of drug-likeness (QED) is 0.0373. The van der Waals surface area contributed by atoms with Crippen LogP contribution in [0.1, 0.15) is 245 Å². The summed E-state index contributed by atoms with van der Waals surface area (Å²) in [7, 11) is 0. The van der Waals surface area contributed by atoms with E-state index in [4.69, 9.17) is 9.47 Å². The van der Waals surface area contributed by atoms with E-state index in [0.29, 0.717) is 12.8 Å². The Hall–Kier alpha value is -5.52. The van der Waals surface area contributed by atoms with Gasteiger partial charge in [0, 0.05) is 12.8 Å². The molecule has 0 aliphatic rings. The van der Waals surface area contributed by atoms with Crippen molar-refractivity contribution in [1.29, 1.82) is 0 Å². The molecule has 0 aromatic rings. The highest BCUT2D eigenvalue weighted by atomic mass is 16.6. The highest BCUT2D eigenvalue weighted by molar-refractivity contribution is 5.70. The molecule has 1 N–H and O–H groups in total. The van der Waals surface area contributed by atoms with Gasteiger partial charge in [0.2, 0.25) is 0 Å². The van der Waals surface area contributed by atoms with Crippen molar-refractivity contribution in [2.24, 2.45) is 0 Å². The van der Waals surface area contributed by atoms with E-state index in [1.807, 2.05) is 0 Å². The van der Waals surface area contributed by atoms with Crippen molar-refractivity contribution in [2.75, 3.05) is 13.2 Å². The first-order valence-corrected chi connectivity index (χ1v) is 32.6. The number of rotatable bonds is 57. The molecular formula is C77H118O5. The van der Waals surface area contributed by atoms with Crippen LogP contribution in [0.5, 0.6) is 0 Å². The van der Waals surface area contributed by atoms with Gasteiger partial charge in [0.1, 0.15) is 6.61 Å². The zero-order chi connectivity index (χ0) is 59.1. The predicted molar refractivity (Wildman–Crippen MR) is 361 cm³/mol. The molecule has 0 rings (SSSR count). The summed E-state index contributed by atoms with van der Waals surface area (Å²) in [5, 5.41) is 9.68. The molecular weight excluding hydrogens is 1000 g/mol. The summed E-state index contributed by atoms with van der Waals surface area (Å²) < 4.78 is 10.7. The first kappa shape index (κ1) is 76.5. The Morgan fingerprint density at radius 2 is 0.488 bits per heavy atom. The number of aliphatic hydroxyl groups is 1. The van der Waals surface area contributed by atoms with Crippen molar-refractivity contribution in [3.63, 3.8) is 0 Å². The molecule has 0 amide bonds. The van der Waals surface area contributed by atoms with Gasteiger partial charge in [-0.15, -0.1) is 0 Å². The van der Waals surface area contributed by atoms with Crippen LogP contribution in [-0.2, 0) is 19.1 Å². The molecule has 0 aliphatic heterocycles. The number of hydrogen-bond donors (Lipinski definition) is 1. The minimum atomic E-state index is -0.808. The second-order valence-electron chi connectivity index (χ2n) is 20.7. The van der Waals surface area contributed by atoms with Gasteiger partial charge in [0.05, 0.1) is 6.61 Å². The van der Waals surface area contributed by atoms with Crippen molar-refractivity contribution in [1.82, 2.24) is 0 Å². The average Bonchev–Trinajstić information content (AvgIpc) is 3.49. The molecule has 0 saturated heterocycles. The van der Waals surface area contributed by atoms with E-state index >= 15 is 0 Å². The van der Waals surface area contributed by atoms with Gasteiger partial charge >= 0.3 is 11.9 Å². The summed E-state index contributed by atoms with van der Waals surface area (Å²) >= 11 is 0. The van der Waals surface area contributed by atoms with Crippen LogP contribution in [0.2, 0.25) is 0 Å².